The number of para-hydroxylation sites is 2. The van der Waals surface area contributed by atoms with E-state index in [9.17, 15) is 4.79 Å². The Morgan fingerprint density at radius 1 is 0.963 bits per heavy atom. The zero-order chi connectivity index (χ0) is 18.5. The van der Waals surface area contributed by atoms with E-state index in [0.29, 0.717) is 5.69 Å². The van der Waals surface area contributed by atoms with Gasteiger partial charge in [0.25, 0.3) is 5.91 Å². The second kappa shape index (κ2) is 7.74. The van der Waals surface area contributed by atoms with Gasteiger partial charge < -0.3 is 15.6 Å². The van der Waals surface area contributed by atoms with Crippen LogP contribution in [0.4, 0.5) is 11.4 Å². The Bertz CT molecular complexity index is 1060. The number of nitrogens with zero attached hydrogens (tertiary/aromatic N) is 1. The molecule has 27 heavy (non-hydrogen) atoms. The third-order valence-electron chi connectivity index (χ3n) is 4.42. The van der Waals surface area contributed by atoms with Crippen LogP contribution in [0.3, 0.4) is 0 Å². The second-order valence-electron chi connectivity index (χ2n) is 6.29. The lowest BCUT2D eigenvalue weighted by Gasteiger charge is -2.08. The van der Waals surface area contributed by atoms with Crippen molar-refractivity contribution >= 4 is 28.2 Å². The molecular weight excluding hydrogens is 336 g/mol. The van der Waals surface area contributed by atoms with Crippen LogP contribution in [0.2, 0.25) is 0 Å². The summed E-state index contributed by atoms with van der Waals surface area (Å²) in [6.07, 6.45) is 4.59. The Balaban J connectivity index is 1.38. The maximum Gasteiger partial charge on any atom is 0.274 e. The highest BCUT2D eigenvalue weighted by molar-refractivity contribution is 6.03. The molecule has 0 unspecified atom stereocenters. The molecule has 0 radical (unpaired) electrons. The number of aromatic amines is 1. The van der Waals surface area contributed by atoms with Crippen molar-refractivity contribution in [2.24, 2.45) is 0 Å². The summed E-state index contributed by atoms with van der Waals surface area (Å²) in [5, 5.41) is 7.47. The highest BCUT2D eigenvalue weighted by Crippen LogP contribution is 2.18. The first-order chi connectivity index (χ1) is 13.3. The van der Waals surface area contributed by atoms with Crippen LogP contribution in [0.15, 0.2) is 79.1 Å². The summed E-state index contributed by atoms with van der Waals surface area (Å²) < 4.78 is 0. The monoisotopic (exact) mass is 356 g/mol. The van der Waals surface area contributed by atoms with Gasteiger partial charge in [0.1, 0.15) is 5.69 Å². The van der Waals surface area contributed by atoms with E-state index in [0.717, 1.165) is 29.9 Å². The third-order valence-corrected chi connectivity index (χ3v) is 4.42. The van der Waals surface area contributed by atoms with Gasteiger partial charge in [-0.2, -0.15) is 0 Å². The highest BCUT2D eigenvalue weighted by Gasteiger charge is 2.08. The van der Waals surface area contributed by atoms with Gasteiger partial charge in [-0.25, -0.2) is 0 Å². The van der Waals surface area contributed by atoms with E-state index in [-0.39, 0.29) is 5.91 Å². The summed E-state index contributed by atoms with van der Waals surface area (Å²) in [5.74, 6) is -0.221. The number of hydrogen-bond donors (Lipinski definition) is 3. The third kappa shape index (κ3) is 3.98. The predicted molar refractivity (Wildman–Crippen MR) is 109 cm³/mol. The molecule has 4 aromatic rings. The Hall–Kier alpha value is -3.60. The minimum Gasteiger partial charge on any atom is -0.385 e. The summed E-state index contributed by atoms with van der Waals surface area (Å²) >= 11 is 0. The fourth-order valence-corrected chi connectivity index (χ4v) is 3.06. The Kier molecular flexibility index (Phi) is 4.83. The normalized spacial score (nSPS) is 10.7. The fourth-order valence-electron chi connectivity index (χ4n) is 3.06. The molecule has 5 nitrogen and oxygen atoms in total. The average Bonchev–Trinajstić information content (AvgIpc) is 3.12. The predicted octanol–water partition coefficient (Wildman–Crippen LogP) is 4.47. The zero-order valence-corrected chi connectivity index (χ0v) is 14.8. The van der Waals surface area contributed by atoms with Crippen molar-refractivity contribution in [3.05, 3.63) is 90.4 Å². The van der Waals surface area contributed by atoms with Crippen molar-refractivity contribution in [2.75, 3.05) is 17.2 Å². The lowest BCUT2D eigenvalue weighted by molar-refractivity contribution is 0.102. The maximum atomic E-state index is 12.4. The molecule has 0 aliphatic rings. The molecule has 0 saturated carbocycles. The van der Waals surface area contributed by atoms with Crippen LogP contribution in [0.1, 0.15) is 16.1 Å². The van der Waals surface area contributed by atoms with Crippen molar-refractivity contribution in [1.29, 1.82) is 0 Å². The van der Waals surface area contributed by atoms with Gasteiger partial charge in [0.2, 0.25) is 0 Å². The number of amides is 1. The fraction of sp³-hybridized carbons (Fsp3) is 0.0909. The SMILES string of the molecule is O=C(Nc1ccccc1)c1cc(NCCc2c[nH]c3ccccc23)ccn1. The zero-order valence-electron chi connectivity index (χ0n) is 14.8. The van der Waals surface area contributed by atoms with Crippen LogP contribution >= 0.6 is 0 Å². The lowest BCUT2D eigenvalue weighted by atomic mass is 10.1. The molecule has 3 N–H and O–H groups in total. The van der Waals surface area contributed by atoms with Gasteiger partial charge in [0, 0.05) is 41.2 Å². The Labute approximate surface area is 157 Å². The number of aromatic nitrogens is 2. The molecule has 0 spiro atoms. The molecule has 4 rings (SSSR count). The maximum absolute atomic E-state index is 12.4. The van der Waals surface area contributed by atoms with Crippen molar-refractivity contribution in [2.45, 2.75) is 6.42 Å². The number of rotatable bonds is 6. The molecule has 0 fully saturated rings. The molecule has 5 heteroatoms. The largest absolute Gasteiger partial charge is 0.385 e. The number of nitrogens with one attached hydrogen (secondary N) is 3. The van der Waals surface area contributed by atoms with Gasteiger partial charge in [0.15, 0.2) is 0 Å². The van der Waals surface area contributed by atoms with Gasteiger partial charge in [-0.15, -0.1) is 0 Å². The molecule has 2 aromatic carbocycles. The smallest absolute Gasteiger partial charge is 0.274 e. The summed E-state index contributed by atoms with van der Waals surface area (Å²) in [6, 6.07) is 21.3. The Morgan fingerprint density at radius 3 is 2.67 bits per heavy atom. The van der Waals surface area contributed by atoms with Crippen LogP contribution in [0.25, 0.3) is 10.9 Å². The lowest BCUT2D eigenvalue weighted by Crippen LogP contribution is -2.14. The topological polar surface area (TPSA) is 69.8 Å². The van der Waals surface area contributed by atoms with Crippen molar-refractivity contribution < 1.29 is 4.79 Å². The van der Waals surface area contributed by atoms with E-state index in [2.05, 4.69) is 38.9 Å². The molecule has 0 aliphatic heterocycles. The summed E-state index contributed by atoms with van der Waals surface area (Å²) in [5.41, 5.74) is 4.44. The number of carbonyl (C=O) groups is 1. The number of carbonyl (C=O) groups excluding carboxylic acids is 1. The van der Waals surface area contributed by atoms with Crippen LogP contribution < -0.4 is 10.6 Å². The van der Waals surface area contributed by atoms with E-state index in [1.807, 2.05) is 48.5 Å². The van der Waals surface area contributed by atoms with E-state index in [4.69, 9.17) is 0 Å². The number of hydrogen-bond acceptors (Lipinski definition) is 3. The van der Waals surface area contributed by atoms with Gasteiger partial charge in [-0.3, -0.25) is 9.78 Å². The number of H-pyrrole nitrogens is 1. The van der Waals surface area contributed by atoms with E-state index in [1.165, 1.54) is 10.9 Å². The summed E-state index contributed by atoms with van der Waals surface area (Å²) in [4.78, 5) is 19.8. The number of benzene rings is 2. The molecule has 0 aliphatic carbocycles. The molecule has 1 amide bonds. The minimum atomic E-state index is -0.221. The van der Waals surface area contributed by atoms with Crippen LogP contribution in [0.5, 0.6) is 0 Å². The van der Waals surface area contributed by atoms with Gasteiger partial charge in [-0.05, 0) is 42.3 Å². The van der Waals surface area contributed by atoms with E-state index in [1.54, 1.807) is 12.3 Å². The number of pyridine rings is 1. The molecule has 0 atom stereocenters. The average molecular weight is 356 g/mol. The van der Waals surface area contributed by atoms with Crippen LogP contribution in [-0.2, 0) is 6.42 Å². The molecule has 0 bridgehead atoms. The highest BCUT2D eigenvalue weighted by atomic mass is 16.1. The number of fused-ring (bicyclic) bond motifs is 1. The second-order valence-corrected chi connectivity index (χ2v) is 6.29. The first-order valence-electron chi connectivity index (χ1n) is 8.91. The molecule has 2 aromatic heterocycles. The summed E-state index contributed by atoms with van der Waals surface area (Å²) in [7, 11) is 0. The Morgan fingerprint density at radius 2 is 1.78 bits per heavy atom. The molecule has 2 heterocycles. The van der Waals surface area contributed by atoms with Crippen molar-refractivity contribution in [3.63, 3.8) is 0 Å². The quantitative estimate of drug-likeness (QED) is 0.477. The van der Waals surface area contributed by atoms with E-state index < -0.39 is 0 Å². The molecule has 0 saturated heterocycles. The first kappa shape index (κ1) is 16.8. The van der Waals surface area contributed by atoms with Gasteiger partial charge in [-0.1, -0.05) is 36.4 Å². The van der Waals surface area contributed by atoms with Gasteiger partial charge in [0.05, 0.1) is 0 Å². The minimum absolute atomic E-state index is 0.221. The molecular formula is C22H20N4O. The van der Waals surface area contributed by atoms with Crippen LogP contribution in [0, 0.1) is 0 Å². The number of anilines is 2. The van der Waals surface area contributed by atoms with E-state index >= 15 is 0 Å². The first-order valence-corrected chi connectivity index (χ1v) is 8.91. The molecule has 134 valence electrons. The van der Waals surface area contributed by atoms with Crippen LogP contribution in [-0.4, -0.2) is 22.4 Å². The summed E-state index contributed by atoms with van der Waals surface area (Å²) in [6.45, 7) is 0.769. The van der Waals surface area contributed by atoms with Gasteiger partial charge >= 0.3 is 0 Å². The standard InChI is InChI=1S/C22H20N4O/c27-22(26-17-6-2-1-3-7-17)21-14-18(11-13-24-21)23-12-10-16-15-25-20-9-5-4-8-19(16)20/h1-9,11,13-15,25H,10,12H2,(H,23,24)(H,26,27). The van der Waals surface area contributed by atoms with Crippen molar-refractivity contribution in [1.82, 2.24) is 9.97 Å². The van der Waals surface area contributed by atoms with Crippen molar-refractivity contribution in [3.8, 4) is 0 Å².